The van der Waals surface area contributed by atoms with E-state index in [2.05, 4.69) is 31.3 Å². The molecule has 3 aliphatic rings. The zero-order chi connectivity index (χ0) is 55.5. The summed E-state index contributed by atoms with van der Waals surface area (Å²) in [5.74, 6) is -0.284. The van der Waals surface area contributed by atoms with Crippen LogP contribution in [-0.4, -0.2) is 193 Å². The number of carbonyl (C=O) groups is 1. The van der Waals surface area contributed by atoms with Gasteiger partial charge in [-0.15, -0.1) is 0 Å². The summed E-state index contributed by atoms with van der Waals surface area (Å²) in [5.41, 5.74) is 0. The minimum atomic E-state index is -1.98. The predicted octanol–water partition coefficient (Wildman–Crippen LogP) is 4.76. The topological polar surface area (TPSA) is 307 Å². The van der Waals surface area contributed by atoms with Gasteiger partial charge in [-0.3, -0.25) is 4.79 Å². The molecule has 3 rings (SSSR count). The molecule has 3 aliphatic heterocycles. The number of hydrogen-bond acceptors (Lipinski definition) is 18. The summed E-state index contributed by atoms with van der Waals surface area (Å²) < 4.78 is 34.2. The Morgan fingerprint density at radius 3 is 1.32 bits per heavy atom. The quantitative estimate of drug-likeness (QED) is 0.0289. The number of rotatable bonds is 43. The highest BCUT2D eigenvalue weighted by Crippen LogP contribution is 2.33. The van der Waals surface area contributed by atoms with Gasteiger partial charge >= 0.3 is 0 Å². The van der Waals surface area contributed by atoms with Crippen LogP contribution in [0.15, 0.2) is 24.3 Å². The molecule has 0 spiro atoms. The van der Waals surface area contributed by atoms with Gasteiger partial charge in [0, 0.05) is 6.42 Å². The monoisotopic (exact) mass is 1090 g/mol. The highest BCUT2D eigenvalue weighted by molar-refractivity contribution is 5.76. The zero-order valence-corrected chi connectivity index (χ0v) is 46.2. The maximum absolute atomic E-state index is 13.3. The van der Waals surface area contributed by atoms with Gasteiger partial charge in [0.1, 0.15) is 73.2 Å². The van der Waals surface area contributed by atoms with Crippen LogP contribution in [-0.2, 0) is 33.2 Å². The lowest BCUT2D eigenvalue weighted by atomic mass is 9.96. The Balaban J connectivity index is 1.51. The van der Waals surface area contributed by atoms with Crippen molar-refractivity contribution in [3.63, 3.8) is 0 Å². The average Bonchev–Trinajstić information content (AvgIpc) is 3.42. The lowest BCUT2D eigenvalue weighted by Crippen LogP contribution is -2.66. The fraction of sp³-hybridized carbons (Fsp3) is 0.912. The highest BCUT2D eigenvalue weighted by atomic mass is 16.8. The molecule has 17 atom stereocenters. The fourth-order valence-corrected chi connectivity index (χ4v) is 10.1. The first kappa shape index (κ1) is 68.5. The minimum absolute atomic E-state index is 0.240. The normalized spacial score (nSPS) is 31.1. The van der Waals surface area contributed by atoms with E-state index in [1.165, 1.54) is 128 Å². The van der Waals surface area contributed by atoms with Gasteiger partial charge < -0.3 is 89.9 Å². The van der Waals surface area contributed by atoms with Crippen molar-refractivity contribution >= 4 is 5.91 Å². The molecular formula is C57H105NO18. The van der Waals surface area contributed by atoms with Crippen molar-refractivity contribution in [3.8, 4) is 0 Å². The molecule has 3 saturated heterocycles. The largest absolute Gasteiger partial charge is 0.394 e. The van der Waals surface area contributed by atoms with E-state index in [1.807, 2.05) is 6.08 Å². The number of hydrogen-bond donors (Lipinski definition) is 12. The smallest absolute Gasteiger partial charge is 0.220 e. The number of nitrogens with one attached hydrogen (secondary N) is 1. The molecule has 0 radical (unpaired) electrons. The zero-order valence-electron chi connectivity index (χ0n) is 46.2. The second-order valence-corrected chi connectivity index (χ2v) is 21.5. The SMILES string of the molecule is CCCCCCCCC/C=C/CC/C=C/C(O)C(COC1OC(CO)C(OC2OC(CO)C(OC3OC(CO)C(O)C(O)C3O)C(O)C2O)C(O)C1O)NC(=O)CCCCCCCCCCCCCCCCCCCC. The van der Waals surface area contributed by atoms with Crippen LogP contribution in [0.3, 0.4) is 0 Å². The van der Waals surface area contributed by atoms with Gasteiger partial charge in [0.2, 0.25) is 5.91 Å². The van der Waals surface area contributed by atoms with Crippen molar-refractivity contribution in [1.82, 2.24) is 5.32 Å². The number of allylic oxidation sites excluding steroid dienone is 3. The van der Waals surface area contributed by atoms with Crippen LogP contribution in [0.25, 0.3) is 0 Å². The molecule has 0 aliphatic carbocycles. The third kappa shape index (κ3) is 25.4. The summed E-state index contributed by atoms with van der Waals surface area (Å²) in [5, 5.41) is 120. The predicted molar refractivity (Wildman–Crippen MR) is 286 cm³/mol. The van der Waals surface area contributed by atoms with E-state index in [0.29, 0.717) is 12.8 Å². The van der Waals surface area contributed by atoms with Crippen LogP contribution in [0.2, 0.25) is 0 Å². The van der Waals surface area contributed by atoms with Crippen LogP contribution in [0.1, 0.15) is 200 Å². The van der Waals surface area contributed by atoms with Crippen LogP contribution in [0, 0.1) is 0 Å². The number of ether oxygens (including phenoxy) is 6. The number of amides is 1. The molecule has 0 aromatic carbocycles. The lowest BCUT2D eigenvalue weighted by molar-refractivity contribution is -0.379. The third-order valence-corrected chi connectivity index (χ3v) is 15.0. The molecule has 0 bridgehead atoms. The van der Waals surface area contributed by atoms with Gasteiger partial charge in [0.15, 0.2) is 18.9 Å². The maximum Gasteiger partial charge on any atom is 0.220 e. The van der Waals surface area contributed by atoms with Crippen molar-refractivity contribution in [2.45, 2.75) is 304 Å². The molecular weight excluding hydrogens is 987 g/mol. The number of aliphatic hydroxyl groups is 11. The first-order valence-electron chi connectivity index (χ1n) is 29.6. The van der Waals surface area contributed by atoms with E-state index in [0.717, 1.165) is 38.5 Å². The van der Waals surface area contributed by atoms with Crippen molar-refractivity contribution in [2.24, 2.45) is 0 Å². The van der Waals surface area contributed by atoms with Crippen molar-refractivity contribution < 1.29 is 89.4 Å². The Labute approximate surface area is 454 Å². The molecule has 0 aromatic rings. The third-order valence-electron chi connectivity index (χ3n) is 15.0. The van der Waals surface area contributed by atoms with Gasteiger partial charge in [0.05, 0.1) is 38.6 Å². The molecule has 446 valence electrons. The van der Waals surface area contributed by atoms with Gasteiger partial charge in [-0.1, -0.05) is 186 Å². The molecule has 76 heavy (non-hydrogen) atoms. The summed E-state index contributed by atoms with van der Waals surface area (Å²) in [4.78, 5) is 13.3. The van der Waals surface area contributed by atoms with Gasteiger partial charge in [-0.25, -0.2) is 0 Å². The van der Waals surface area contributed by atoms with Gasteiger partial charge in [-0.05, 0) is 32.1 Å². The van der Waals surface area contributed by atoms with E-state index in [4.69, 9.17) is 28.4 Å². The number of carbonyl (C=O) groups excluding carboxylic acids is 1. The average molecular weight is 1090 g/mol. The molecule has 0 aromatic heterocycles. The number of unbranched alkanes of at least 4 members (excludes halogenated alkanes) is 25. The summed E-state index contributed by atoms with van der Waals surface area (Å²) in [7, 11) is 0. The Bertz CT molecular complexity index is 1490. The van der Waals surface area contributed by atoms with Crippen LogP contribution in [0.4, 0.5) is 0 Å². The summed E-state index contributed by atoms with van der Waals surface area (Å²) in [6.07, 6.45) is 14.5. The molecule has 17 unspecified atom stereocenters. The van der Waals surface area contributed by atoms with Crippen LogP contribution >= 0.6 is 0 Å². The first-order valence-corrected chi connectivity index (χ1v) is 29.6. The second-order valence-electron chi connectivity index (χ2n) is 21.5. The molecule has 3 fully saturated rings. The Hall–Kier alpha value is -1.73. The van der Waals surface area contributed by atoms with E-state index in [9.17, 15) is 61.0 Å². The molecule has 0 saturated carbocycles. The maximum atomic E-state index is 13.3. The van der Waals surface area contributed by atoms with E-state index in [-0.39, 0.29) is 18.9 Å². The second kappa shape index (κ2) is 41.3. The Morgan fingerprint density at radius 1 is 0.461 bits per heavy atom. The molecule has 3 heterocycles. The van der Waals surface area contributed by atoms with E-state index in [1.54, 1.807) is 6.08 Å². The van der Waals surface area contributed by atoms with Crippen molar-refractivity contribution in [1.29, 1.82) is 0 Å². The van der Waals surface area contributed by atoms with E-state index >= 15 is 0 Å². The molecule has 19 heteroatoms. The van der Waals surface area contributed by atoms with E-state index < -0.39 is 124 Å². The Kier molecular flexibility index (Phi) is 37.2. The highest BCUT2D eigenvalue weighted by Gasteiger charge is 2.53. The standard InChI is InChI=1S/C57H105NO18/c1-3-5-7-9-11-13-15-17-18-19-20-21-23-25-27-29-31-33-35-45(63)58-40(41(62)34-32-30-28-26-24-22-16-14-12-10-8-6-4-2)39-71-55-51(69)48(66)53(43(37-60)73-55)76-57-52(70)49(67)54(44(38-61)74-57)75-56-50(68)47(65)46(64)42(36-59)72-56/h24,26,32,34,40-44,46-57,59-62,64-70H,3-23,25,27-31,33,35-39H2,1-2H3,(H,58,63)/b26-24+,34-32+. The number of aliphatic hydroxyl groups excluding tert-OH is 11. The summed E-state index contributed by atoms with van der Waals surface area (Å²) in [6, 6.07) is -0.984. The molecule has 1 amide bonds. The first-order chi connectivity index (χ1) is 36.8. The lowest BCUT2D eigenvalue weighted by Gasteiger charge is -2.48. The van der Waals surface area contributed by atoms with Gasteiger partial charge in [-0.2, -0.15) is 0 Å². The summed E-state index contributed by atoms with van der Waals surface area (Å²) in [6.45, 7) is 1.69. The van der Waals surface area contributed by atoms with Crippen molar-refractivity contribution in [3.05, 3.63) is 24.3 Å². The van der Waals surface area contributed by atoms with Crippen LogP contribution in [0.5, 0.6) is 0 Å². The molecule has 12 N–H and O–H groups in total. The van der Waals surface area contributed by atoms with Crippen LogP contribution < -0.4 is 5.32 Å². The van der Waals surface area contributed by atoms with Gasteiger partial charge in [0.25, 0.3) is 0 Å². The minimum Gasteiger partial charge on any atom is -0.394 e. The molecule has 19 nitrogen and oxygen atoms in total. The summed E-state index contributed by atoms with van der Waals surface area (Å²) >= 11 is 0. The Morgan fingerprint density at radius 2 is 0.842 bits per heavy atom. The fourth-order valence-electron chi connectivity index (χ4n) is 10.1. The van der Waals surface area contributed by atoms with Crippen molar-refractivity contribution in [2.75, 3.05) is 26.4 Å².